The smallest absolute Gasteiger partial charge is 0.290 e. The first kappa shape index (κ1) is 20.1. The maximum absolute atomic E-state index is 13.0. The van der Waals surface area contributed by atoms with Crippen LogP contribution in [0.1, 0.15) is 0 Å². The highest BCUT2D eigenvalue weighted by atomic mass is 32.2. The van der Waals surface area contributed by atoms with E-state index in [-0.39, 0.29) is 41.9 Å². The van der Waals surface area contributed by atoms with Gasteiger partial charge in [-0.05, 0) is 24.3 Å². The van der Waals surface area contributed by atoms with Crippen molar-refractivity contribution in [2.24, 2.45) is 0 Å². The Kier molecular flexibility index (Phi) is 6.12. The standard InChI is InChI=1S/C18H21N3O6S/c1-26-16-5-4-14(19-18(23)13-20-6-2-3-15(22)12-20)11-17(16)28(24,25)21-7-9-27-10-8-21/h2-6,11-12H,7-10,13H2,1H3,(H-,19,22,23)/p+1. The molecule has 0 atom stereocenters. The highest BCUT2D eigenvalue weighted by Gasteiger charge is 2.29. The Bertz CT molecular complexity index is 958. The molecule has 2 N–H and O–H groups in total. The van der Waals surface area contributed by atoms with Gasteiger partial charge in [0.2, 0.25) is 22.8 Å². The van der Waals surface area contributed by atoms with Gasteiger partial charge in [-0.1, -0.05) is 0 Å². The average molecular weight is 408 g/mol. The van der Waals surface area contributed by atoms with E-state index < -0.39 is 10.0 Å². The van der Waals surface area contributed by atoms with Crippen molar-refractivity contribution >= 4 is 21.6 Å². The number of hydrogen-bond donors (Lipinski definition) is 2. The predicted molar refractivity (Wildman–Crippen MR) is 99.5 cm³/mol. The van der Waals surface area contributed by atoms with Crippen molar-refractivity contribution in [3.05, 3.63) is 42.7 Å². The zero-order valence-electron chi connectivity index (χ0n) is 15.4. The summed E-state index contributed by atoms with van der Waals surface area (Å²) in [7, 11) is -2.40. The SMILES string of the molecule is COc1ccc(NC(=O)C[n+]2cccc(O)c2)cc1S(=O)(=O)N1CCOCC1. The summed E-state index contributed by atoms with van der Waals surface area (Å²) in [6, 6.07) is 7.57. The van der Waals surface area contributed by atoms with Gasteiger partial charge in [0.25, 0.3) is 5.91 Å². The van der Waals surface area contributed by atoms with Gasteiger partial charge in [-0.25, -0.2) is 8.42 Å². The summed E-state index contributed by atoms with van der Waals surface area (Å²) in [6.07, 6.45) is 3.06. The minimum Gasteiger partial charge on any atom is -0.503 e. The molecule has 10 heteroatoms. The van der Waals surface area contributed by atoms with Crippen molar-refractivity contribution in [3.8, 4) is 11.5 Å². The number of anilines is 1. The quantitative estimate of drug-likeness (QED) is 0.668. The van der Waals surface area contributed by atoms with Gasteiger partial charge in [0.15, 0.2) is 11.9 Å². The van der Waals surface area contributed by atoms with Crippen LogP contribution >= 0.6 is 0 Å². The van der Waals surface area contributed by atoms with E-state index >= 15 is 0 Å². The van der Waals surface area contributed by atoms with Crippen molar-refractivity contribution in [2.75, 3.05) is 38.7 Å². The third-order valence-electron chi connectivity index (χ3n) is 4.20. The molecule has 9 nitrogen and oxygen atoms in total. The molecular weight excluding hydrogens is 386 g/mol. The number of nitrogens with zero attached hydrogens (tertiary/aromatic N) is 2. The molecule has 0 saturated carbocycles. The van der Waals surface area contributed by atoms with Crippen LogP contribution in [0, 0.1) is 0 Å². The summed E-state index contributed by atoms with van der Waals surface area (Å²) in [5, 5.41) is 12.1. The Morgan fingerprint density at radius 1 is 1.32 bits per heavy atom. The monoisotopic (exact) mass is 408 g/mol. The molecule has 2 heterocycles. The van der Waals surface area contributed by atoms with Gasteiger partial charge in [0, 0.05) is 24.8 Å². The second-order valence-corrected chi connectivity index (χ2v) is 8.07. The fraction of sp³-hybridized carbons (Fsp3) is 0.333. The molecule has 28 heavy (non-hydrogen) atoms. The maximum Gasteiger partial charge on any atom is 0.290 e. The number of sulfonamides is 1. The number of morpholine rings is 1. The van der Waals surface area contributed by atoms with Crippen molar-refractivity contribution in [3.63, 3.8) is 0 Å². The van der Waals surface area contributed by atoms with Crippen LogP contribution in [0.2, 0.25) is 0 Å². The van der Waals surface area contributed by atoms with Gasteiger partial charge < -0.3 is 19.9 Å². The second-order valence-electron chi connectivity index (χ2n) is 6.16. The van der Waals surface area contributed by atoms with Crippen LogP contribution in [-0.4, -0.2) is 57.1 Å². The molecule has 1 saturated heterocycles. The lowest BCUT2D eigenvalue weighted by molar-refractivity contribution is -0.684. The number of aromatic nitrogens is 1. The van der Waals surface area contributed by atoms with Crippen LogP contribution in [0.5, 0.6) is 11.5 Å². The largest absolute Gasteiger partial charge is 0.503 e. The van der Waals surface area contributed by atoms with E-state index in [2.05, 4.69) is 5.32 Å². The number of pyridine rings is 1. The minimum atomic E-state index is -3.79. The zero-order chi connectivity index (χ0) is 20.1. The number of carbonyl (C=O) groups is 1. The molecule has 1 aliphatic heterocycles. The molecule has 0 spiro atoms. The summed E-state index contributed by atoms with van der Waals surface area (Å²) < 4.78 is 39.2. The molecule has 1 fully saturated rings. The molecule has 1 aromatic heterocycles. The normalized spacial score (nSPS) is 15.2. The maximum atomic E-state index is 13.0. The van der Waals surface area contributed by atoms with E-state index in [1.165, 1.54) is 40.4 Å². The van der Waals surface area contributed by atoms with E-state index in [1.807, 2.05) is 0 Å². The number of carbonyl (C=O) groups excluding carboxylic acids is 1. The summed E-state index contributed by atoms with van der Waals surface area (Å²) in [4.78, 5) is 12.3. The number of aromatic hydroxyl groups is 1. The van der Waals surface area contributed by atoms with Crippen LogP contribution in [0.4, 0.5) is 5.69 Å². The van der Waals surface area contributed by atoms with E-state index in [1.54, 1.807) is 18.3 Å². The number of rotatable bonds is 6. The molecule has 1 aliphatic rings. The van der Waals surface area contributed by atoms with E-state index in [0.29, 0.717) is 18.9 Å². The fourth-order valence-electron chi connectivity index (χ4n) is 2.85. The number of benzene rings is 1. The van der Waals surface area contributed by atoms with Crippen molar-refractivity contribution < 1.29 is 32.4 Å². The van der Waals surface area contributed by atoms with Gasteiger partial charge in [-0.15, -0.1) is 0 Å². The first-order valence-electron chi connectivity index (χ1n) is 8.64. The van der Waals surface area contributed by atoms with Crippen LogP contribution in [0.3, 0.4) is 0 Å². The first-order chi connectivity index (χ1) is 13.4. The third kappa shape index (κ3) is 4.58. The number of nitrogens with one attached hydrogen (secondary N) is 1. The van der Waals surface area contributed by atoms with Crippen LogP contribution < -0.4 is 14.6 Å². The van der Waals surface area contributed by atoms with Crippen molar-refractivity contribution in [2.45, 2.75) is 11.4 Å². The number of hydrogen-bond acceptors (Lipinski definition) is 6. The summed E-state index contributed by atoms with van der Waals surface area (Å²) in [5.41, 5.74) is 0.332. The Morgan fingerprint density at radius 3 is 2.75 bits per heavy atom. The van der Waals surface area contributed by atoms with Gasteiger partial charge in [-0.3, -0.25) is 4.79 Å². The minimum absolute atomic E-state index is 0.0142. The van der Waals surface area contributed by atoms with E-state index in [4.69, 9.17) is 9.47 Å². The highest BCUT2D eigenvalue weighted by Crippen LogP contribution is 2.30. The Morgan fingerprint density at radius 2 is 2.07 bits per heavy atom. The van der Waals surface area contributed by atoms with Gasteiger partial charge in [0.1, 0.15) is 10.6 Å². The topological polar surface area (TPSA) is 109 Å². The molecule has 0 unspecified atom stereocenters. The van der Waals surface area contributed by atoms with Crippen LogP contribution in [0.15, 0.2) is 47.6 Å². The van der Waals surface area contributed by atoms with E-state index in [0.717, 1.165) is 0 Å². The Balaban J connectivity index is 1.81. The summed E-state index contributed by atoms with van der Waals surface area (Å²) in [5.74, 6) is -0.124. The molecule has 0 radical (unpaired) electrons. The lowest BCUT2D eigenvalue weighted by atomic mass is 10.3. The molecule has 150 valence electrons. The third-order valence-corrected chi connectivity index (χ3v) is 6.12. The zero-order valence-corrected chi connectivity index (χ0v) is 16.2. The lowest BCUT2D eigenvalue weighted by Gasteiger charge is -2.26. The number of methoxy groups -OCH3 is 1. The van der Waals surface area contributed by atoms with Gasteiger partial charge in [0.05, 0.1) is 20.3 Å². The van der Waals surface area contributed by atoms with E-state index in [9.17, 15) is 18.3 Å². The average Bonchev–Trinajstić information content (AvgIpc) is 2.68. The molecule has 1 aromatic carbocycles. The van der Waals surface area contributed by atoms with Crippen molar-refractivity contribution in [1.82, 2.24) is 4.31 Å². The number of amides is 1. The van der Waals surface area contributed by atoms with Gasteiger partial charge >= 0.3 is 0 Å². The molecule has 0 bridgehead atoms. The fourth-order valence-corrected chi connectivity index (χ4v) is 4.44. The van der Waals surface area contributed by atoms with Crippen molar-refractivity contribution in [1.29, 1.82) is 0 Å². The lowest BCUT2D eigenvalue weighted by Crippen LogP contribution is -2.41. The summed E-state index contributed by atoms with van der Waals surface area (Å²) >= 11 is 0. The predicted octanol–water partition coefficient (Wildman–Crippen LogP) is 0.348. The highest BCUT2D eigenvalue weighted by molar-refractivity contribution is 7.89. The number of ether oxygens (including phenoxy) is 2. The van der Waals surface area contributed by atoms with Crippen LogP contribution in [0.25, 0.3) is 0 Å². The van der Waals surface area contributed by atoms with Crippen LogP contribution in [-0.2, 0) is 26.1 Å². The molecule has 0 aliphatic carbocycles. The molecule has 1 amide bonds. The summed E-state index contributed by atoms with van der Waals surface area (Å²) in [6.45, 7) is 1.15. The first-order valence-corrected chi connectivity index (χ1v) is 10.1. The van der Waals surface area contributed by atoms with Gasteiger partial charge in [-0.2, -0.15) is 8.87 Å². The molecule has 2 aromatic rings. The molecular formula is C18H22N3O6S+. The Hall–Kier alpha value is -2.69. The second kappa shape index (κ2) is 8.55. The molecule has 3 rings (SSSR count). The Labute approximate surface area is 163 Å².